The highest BCUT2D eigenvalue weighted by atomic mass is 16.2. The van der Waals surface area contributed by atoms with Crippen LogP contribution in [0.15, 0.2) is 152 Å². The lowest BCUT2D eigenvalue weighted by Gasteiger charge is -2.27. The SMILES string of the molecule is CC(C)CC1CN(c2ccccc2)NC1=O.CC1C(=O)NN(c2ccccc2)C1C.CC1C(=O)NN(c2ccccc2)C1c1ccccc1.CCCCCCCCCCCCCCCCCCCCC1CN(c2ccccc2)NC1=O. The lowest BCUT2D eigenvalue weighted by atomic mass is 9.95. The van der Waals surface area contributed by atoms with Gasteiger partial charge in [0.1, 0.15) is 0 Å². The molecule has 0 saturated carbocycles. The predicted molar refractivity (Wildman–Crippen MR) is 335 cm³/mol. The fraction of sp³-hybridized carbons (Fsp3) is 0.507. The van der Waals surface area contributed by atoms with E-state index in [9.17, 15) is 19.2 Å². The maximum absolute atomic E-state index is 12.2. The molecule has 4 N–H and O–H groups in total. The van der Waals surface area contributed by atoms with Crippen LogP contribution in [0.2, 0.25) is 0 Å². The minimum Gasteiger partial charge on any atom is -0.285 e. The van der Waals surface area contributed by atoms with Crippen molar-refractivity contribution in [2.75, 3.05) is 33.1 Å². The van der Waals surface area contributed by atoms with Crippen LogP contribution in [0.3, 0.4) is 0 Å². The van der Waals surface area contributed by atoms with E-state index in [0.29, 0.717) is 5.92 Å². The average Bonchev–Trinajstić information content (AvgIpc) is 4.30. The molecule has 0 aromatic heterocycles. The molecule has 12 nitrogen and oxygen atoms in total. The zero-order valence-corrected chi connectivity index (χ0v) is 50.0. The first-order valence-corrected chi connectivity index (χ1v) is 31.1. The molecule has 4 aliphatic rings. The zero-order valence-electron chi connectivity index (χ0n) is 50.0. The van der Waals surface area contributed by atoms with Crippen LogP contribution in [0.1, 0.15) is 182 Å². The molecule has 6 unspecified atom stereocenters. The number of anilines is 4. The Kier molecular flexibility index (Phi) is 27.5. The molecule has 4 saturated heterocycles. The molecule has 6 atom stereocenters. The first-order chi connectivity index (χ1) is 39.4. The first kappa shape index (κ1) is 63.4. The van der Waals surface area contributed by atoms with Gasteiger partial charge in [-0.25, -0.2) is 0 Å². The number of carbonyl (C=O) groups is 4. The van der Waals surface area contributed by atoms with E-state index in [-0.39, 0.29) is 59.4 Å². The highest BCUT2D eigenvalue weighted by Gasteiger charge is 2.39. The standard InChI is InChI=1S/C29H50N2O.C16H16N2O.C13H18N2O.C11H14N2O/c1-2-3-4-5-6-7-8-9-10-11-12-13-14-15-16-17-18-20-23-27-26-31(30-29(27)32)28-24-21-19-22-25-28;1-12-15(13-8-4-2-5-9-13)18(17-16(12)19)14-10-6-3-7-11-14;1-10(2)8-11-9-15(14-13(11)16)12-6-4-3-5-7-12;1-8-9(2)13(12-11(8)14)10-6-4-3-5-7-10/h19,21-22,24-25,27H,2-18,20,23,26H2,1H3,(H,30,32);2-12,15H,1H3,(H,17,19);3-7,10-11H,8-9H2,1-2H3,(H,14,16);3-9H,1-2H3,(H,12,14). The molecule has 0 bridgehead atoms. The molecule has 81 heavy (non-hydrogen) atoms. The Morgan fingerprint density at radius 2 is 0.741 bits per heavy atom. The van der Waals surface area contributed by atoms with E-state index in [2.05, 4.69) is 73.7 Å². The van der Waals surface area contributed by atoms with Crippen LogP contribution in [-0.4, -0.2) is 42.8 Å². The molecule has 438 valence electrons. The zero-order chi connectivity index (χ0) is 57.6. The van der Waals surface area contributed by atoms with Crippen molar-refractivity contribution in [2.45, 2.75) is 182 Å². The topological polar surface area (TPSA) is 129 Å². The number of hydrogen-bond donors (Lipinski definition) is 4. The molecular formula is C69H98N8O4. The van der Waals surface area contributed by atoms with Crippen LogP contribution >= 0.6 is 0 Å². The number of benzene rings is 5. The van der Waals surface area contributed by atoms with Crippen LogP contribution in [-0.2, 0) is 19.2 Å². The molecule has 0 radical (unpaired) electrons. The third-order valence-corrected chi connectivity index (χ3v) is 16.2. The van der Waals surface area contributed by atoms with Gasteiger partial charge in [-0.05, 0) is 79.8 Å². The number of amides is 4. The molecular weight excluding hydrogens is 1000 g/mol. The van der Waals surface area contributed by atoms with E-state index < -0.39 is 0 Å². The van der Waals surface area contributed by atoms with Crippen molar-refractivity contribution in [2.24, 2.45) is 29.6 Å². The Morgan fingerprint density at radius 1 is 0.395 bits per heavy atom. The number of hydrazine groups is 4. The summed E-state index contributed by atoms with van der Waals surface area (Å²) in [5.74, 6) is 1.33. The van der Waals surface area contributed by atoms with Gasteiger partial charge in [-0.15, -0.1) is 0 Å². The maximum Gasteiger partial charge on any atom is 0.243 e. The van der Waals surface area contributed by atoms with Gasteiger partial charge >= 0.3 is 0 Å². The molecule has 0 aliphatic carbocycles. The number of unbranched alkanes of at least 4 members (excludes halogenated alkanes) is 17. The summed E-state index contributed by atoms with van der Waals surface area (Å²) in [6, 6.07) is 50.4. The van der Waals surface area contributed by atoms with Crippen LogP contribution in [0.5, 0.6) is 0 Å². The molecule has 5 aromatic rings. The maximum atomic E-state index is 12.2. The van der Waals surface area contributed by atoms with Gasteiger partial charge in [0.25, 0.3) is 0 Å². The number of nitrogens with one attached hydrogen (secondary N) is 4. The second-order valence-corrected chi connectivity index (χ2v) is 23.2. The van der Waals surface area contributed by atoms with Gasteiger partial charge in [-0.2, -0.15) is 0 Å². The summed E-state index contributed by atoms with van der Waals surface area (Å²) in [5, 5.41) is 7.83. The molecule has 4 fully saturated rings. The molecule has 5 aromatic carbocycles. The molecule has 9 rings (SSSR count). The summed E-state index contributed by atoms with van der Waals surface area (Å²) in [7, 11) is 0. The highest BCUT2D eigenvalue weighted by molar-refractivity contribution is 5.86. The van der Waals surface area contributed by atoms with E-state index in [0.717, 1.165) is 54.2 Å². The molecule has 4 aliphatic heterocycles. The molecule has 0 spiro atoms. The van der Waals surface area contributed by atoms with E-state index in [1.165, 1.54) is 116 Å². The largest absolute Gasteiger partial charge is 0.285 e. The second kappa shape index (κ2) is 35.1. The highest BCUT2D eigenvalue weighted by Crippen LogP contribution is 2.36. The van der Waals surface area contributed by atoms with Gasteiger partial charge < -0.3 is 0 Å². The fourth-order valence-corrected chi connectivity index (χ4v) is 11.2. The average molecular weight is 1100 g/mol. The van der Waals surface area contributed by atoms with Crippen molar-refractivity contribution in [3.05, 3.63) is 157 Å². The van der Waals surface area contributed by atoms with E-state index in [1.807, 2.05) is 161 Å². The van der Waals surface area contributed by atoms with Crippen molar-refractivity contribution >= 4 is 46.4 Å². The Morgan fingerprint density at radius 3 is 1.15 bits per heavy atom. The van der Waals surface area contributed by atoms with Gasteiger partial charge in [-0.3, -0.25) is 60.9 Å². The van der Waals surface area contributed by atoms with Crippen molar-refractivity contribution in [1.82, 2.24) is 21.7 Å². The van der Waals surface area contributed by atoms with Crippen LogP contribution in [0, 0.1) is 29.6 Å². The van der Waals surface area contributed by atoms with Gasteiger partial charge in [0, 0.05) is 0 Å². The minimum absolute atomic E-state index is 0.0381. The van der Waals surface area contributed by atoms with Crippen molar-refractivity contribution in [3.63, 3.8) is 0 Å². The van der Waals surface area contributed by atoms with Crippen LogP contribution in [0.25, 0.3) is 0 Å². The van der Waals surface area contributed by atoms with E-state index in [4.69, 9.17) is 0 Å². The normalized spacial score (nSPS) is 20.1. The van der Waals surface area contributed by atoms with Crippen molar-refractivity contribution in [1.29, 1.82) is 0 Å². The summed E-state index contributed by atoms with van der Waals surface area (Å²) < 4.78 is 0. The summed E-state index contributed by atoms with van der Waals surface area (Å²) in [5.41, 5.74) is 17.1. The van der Waals surface area contributed by atoms with Gasteiger partial charge in [0.2, 0.25) is 23.6 Å². The monoisotopic (exact) mass is 1100 g/mol. The number of hydrogen-bond acceptors (Lipinski definition) is 8. The van der Waals surface area contributed by atoms with Crippen LogP contribution < -0.4 is 41.7 Å². The summed E-state index contributed by atoms with van der Waals surface area (Å²) in [6.45, 7) is 14.1. The number of carbonyl (C=O) groups excluding carboxylic acids is 4. The molecule has 4 amide bonds. The Hall–Kier alpha value is -6.82. The third kappa shape index (κ3) is 20.9. The molecule has 12 heteroatoms. The van der Waals surface area contributed by atoms with E-state index >= 15 is 0 Å². The fourth-order valence-electron chi connectivity index (χ4n) is 11.2. The van der Waals surface area contributed by atoms with Gasteiger partial charge in [0.15, 0.2) is 0 Å². The molecule has 4 heterocycles. The third-order valence-electron chi connectivity index (χ3n) is 16.2. The minimum atomic E-state index is -0.0670. The lowest BCUT2D eigenvalue weighted by molar-refractivity contribution is -0.123. The van der Waals surface area contributed by atoms with E-state index in [1.54, 1.807) is 0 Å². The Balaban J connectivity index is 0.000000184. The summed E-state index contributed by atoms with van der Waals surface area (Å²) in [6.07, 6.45) is 27.2. The number of para-hydroxylation sites is 4. The van der Waals surface area contributed by atoms with Crippen molar-refractivity contribution < 1.29 is 19.2 Å². The second-order valence-electron chi connectivity index (χ2n) is 23.2. The lowest BCUT2D eigenvalue weighted by Crippen LogP contribution is -2.37. The van der Waals surface area contributed by atoms with Crippen LogP contribution in [0.4, 0.5) is 22.7 Å². The Bertz CT molecular complexity index is 2540. The first-order valence-electron chi connectivity index (χ1n) is 31.1. The van der Waals surface area contributed by atoms with Gasteiger partial charge in [0.05, 0.1) is 71.6 Å². The smallest absolute Gasteiger partial charge is 0.243 e. The van der Waals surface area contributed by atoms with Gasteiger partial charge in [-0.1, -0.05) is 253 Å². The quantitative estimate of drug-likeness (QED) is 0.0403. The Labute approximate surface area is 487 Å². The summed E-state index contributed by atoms with van der Waals surface area (Å²) in [4.78, 5) is 47.4. The number of nitrogens with zero attached hydrogens (tertiary/aromatic N) is 4. The number of rotatable bonds is 26. The summed E-state index contributed by atoms with van der Waals surface area (Å²) >= 11 is 0. The van der Waals surface area contributed by atoms with Crippen molar-refractivity contribution in [3.8, 4) is 0 Å². The predicted octanol–water partition coefficient (Wildman–Crippen LogP) is 15.3.